The third-order valence-electron chi connectivity index (χ3n) is 4.26. The number of fused-ring (bicyclic) bond motifs is 3. The van der Waals surface area contributed by atoms with Crippen LogP contribution in [0.15, 0.2) is 47.6 Å². The Labute approximate surface area is 169 Å². The van der Waals surface area contributed by atoms with E-state index in [1.165, 1.54) is 41.8 Å². The van der Waals surface area contributed by atoms with Gasteiger partial charge in [0.25, 0.3) is 0 Å². The first-order valence-corrected chi connectivity index (χ1v) is 9.89. The van der Waals surface area contributed by atoms with E-state index < -0.39 is 12.0 Å². The molecular formula is C19H14ClFN4O2S. The topological polar surface area (TPSA) is 68.2 Å². The van der Waals surface area contributed by atoms with Gasteiger partial charge in [-0.25, -0.2) is 4.39 Å². The summed E-state index contributed by atoms with van der Waals surface area (Å²) < 4.78 is 20.2. The molecule has 1 unspecified atom stereocenters. The molecule has 2 aromatic carbocycles. The van der Waals surface area contributed by atoms with E-state index >= 15 is 0 Å². The molecule has 1 atom stereocenters. The number of nitrogens with zero attached hydrogens (tertiary/aromatic N) is 4. The highest BCUT2D eigenvalue weighted by Gasteiger charge is 2.35. The second-order valence-corrected chi connectivity index (χ2v) is 7.18. The van der Waals surface area contributed by atoms with E-state index in [0.717, 1.165) is 0 Å². The molecule has 1 aliphatic rings. The van der Waals surface area contributed by atoms with Crippen LogP contribution in [-0.4, -0.2) is 27.3 Å². The SMILES string of the molecule is CSc1nnc2c(n1)OC(c1ccccc1Cl)N(C(C)=O)c1ccc(F)cc1-2. The minimum atomic E-state index is -0.900. The average Bonchev–Trinajstić information content (AvgIpc) is 2.82. The molecule has 2 heterocycles. The Morgan fingerprint density at radius 1 is 1.25 bits per heavy atom. The molecule has 142 valence electrons. The molecule has 1 aromatic heterocycles. The number of anilines is 1. The van der Waals surface area contributed by atoms with E-state index in [1.807, 2.05) is 0 Å². The smallest absolute Gasteiger partial charge is 0.247 e. The summed E-state index contributed by atoms with van der Waals surface area (Å²) in [6, 6.07) is 11.1. The predicted molar refractivity (Wildman–Crippen MR) is 105 cm³/mol. The number of thioether (sulfide) groups is 1. The first-order valence-electron chi connectivity index (χ1n) is 8.29. The lowest BCUT2D eigenvalue weighted by Gasteiger charge is -2.30. The molecule has 0 saturated carbocycles. The Kier molecular flexibility index (Phi) is 4.91. The lowest BCUT2D eigenvalue weighted by molar-refractivity contribution is -0.118. The van der Waals surface area contributed by atoms with Crippen molar-refractivity contribution >= 4 is 35.0 Å². The number of carbonyl (C=O) groups excluding carboxylic acids is 1. The summed E-state index contributed by atoms with van der Waals surface area (Å²) in [5.41, 5.74) is 1.64. The molecule has 9 heteroatoms. The van der Waals surface area contributed by atoms with Crippen LogP contribution in [0.3, 0.4) is 0 Å². The zero-order valence-electron chi connectivity index (χ0n) is 14.9. The van der Waals surface area contributed by atoms with Gasteiger partial charge in [0.1, 0.15) is 5.82 Å². The third kappa shape index (κ3) is 3.18. The largest absolute Gasteiger partial charge is 0.447 e. The molecule has 0 N–H and O–H groups in total. The van der Waals surface area contributed by atoms with Crippen LogP contribution in [0.5, 0.6) is 5.88 Å². The van der Waals surface area contributed by atoms with Gasteiger partial charge in [0, 0.05) is 23.1 Å². The lowest BCUT2D eigenvalue weighted by Crippen LogP contribution is -2.36. The normalized spacial score (nSPS) is 15.3. The summed E-state index contributed by atoms with van der Waals surface area (Å²) in [7, 11) is 0. The number of hydrogen-bond acceptors (Lipinski definition) is 6. The molecule has 0 radical (unpaired) electrons. The van der Waals surface area contributed by atoms with E-state index in [2.05, 4.69) is 15.2 Å². The second kappa shape index (κ2) is 7.37. The Balaban J connectivity index is 2.02. The van der Waals surface area contributed by atoms with Gasteiger partial charge in [-0.05, 0) is 30.5 Å². The van der Waals surface area contributed by atoms with Crippen molar-refractivity contribution in [3.63, 3.8) is 0 Å². The summed E-state index contributed by atoms with van der Waals surface area (Å²) in [6.07, 6.45) is 0.907. The average molecular weight is 417 g/mol. The van der Waals surface area contributed by atoms with Crippen molar-refractivity contribution in [3.05, 3.63) is 58.9 Å². The number of amides is 1. The van der Waals surface area contributed by atoms with E-state index in [9.17, 15) is 9.18 Å². The van der Waals surface area contributed by atoms with Gasteiger partial charge in [-0.3, -0.25) is 9.69 Å². The van der Waals surface area contributed by atoms with Gasteiger partial charge in [-0.2, -0.15) is 4.98 Å². The van der Waals surface area contributed by atoms with Crippen molar-refractivity contribution in [2.24, 2.45) is 0 Å². The highest BCUT2D eigenvalue weighted by atomic mass is 35.5. The number of benzene rings is 2. The molecule has 0 spiro atoms. The summed E-state index contributed by atoms with van der Waals surface area (Å²) in [6.45, 7) is 1.41. The van der Waals surface area contributed by atoms with Crippen LogP contribution in [0.4, 0.5) is 10.1 Å². The molecule has 6 nitrogen and oxygen atoms in total. The molecule has 1 amide bonds. The fourth-order valence-corrected chi connectivity index (χ4v) is 3.57. The van der Waals surface area contributed by atoms with E-state index in [0.29, 0.717) is 27.0 Å². The maximum absolute atomic E-state index is 14.0. The number of hydrogen-bond donors (Lipinski definition) is 0. The second-order valence-electron chi connectivity index (χ2n) is 5.99. The summed E-state index contributed by atoms with van der Waals surface area (Å²) >= 11 is 7.68. The Hall–Kier alpha value is -2.71. The molecule has 1 aliphatic heterocycles. The molecule has 0 bridgehead atoms. The highest BCUT2D eigenvalue weighted by molar-refractivity contribution is 7.98. The quantitative estimate of drug-likeness (QED) is 0.573. The van der Waals surface area contributed by atoms with Gasteiger partial charge in [-0.15, -0.1) is 10.2 Å². The number of rotatable bonds is 2. The molecular weight excluding hydrogens is 403 g/mol. The molecule has 0 fully saturated rings. The maximum Gasteiger partial charge on any atom is 0.247 e. The van der Waals surface area contributed by atoms with E-state index in [-0.39, 0.29) is 17.5 Å². The number of aromatic nitrogens is 3. The maximum atomic E-state index is 14.0. The van der Waals surface area contributed by atoms with Crippen LogP contribution >= 0.6 is 23.4 Å². The van der Waals surface area contributed by atoms with E-state index in [4.69, 9.17) is 16.3 Å². The van der Waals surface area contributed by atoms with Crippen molar-refractivity contribution in [1.82, 2.24) is 15.2 Å². The van der Waals surface area contributed by atoms with Crippen LogP contribution in [0.25, 0.3) is 11.3 Å². The van der Waals surface area contributed by atoms with Gasteiger partial charge in [0.2, 0.25) is 23.2 Å². The fourth-order valence-electron chi connectivity index (χ4n) is 3.04. The molecule has 28 heavy (non-hydrogen) atoms. The van der Waals surface area contributed by atoms with Crippen LogP contribution in [0.1, 0.15) is 18.7 Å². The summed E-state index contributed by atoms with van der Waals surface area (Å²) in [4.78, 5) is 18.4. The number of carbonyl (C=O) groups is 1. The molecule has 4 rings (SSSR count). The number of halogens is 2. The molecule has 0 saturated heterocycles. The van der Waals surface area contributed by atoms with Gasteiger partial charge in [-0.1, -0.05) is 41.6 Å². The Morgan fingerprint density at radius 2 is 2.04 bits per heavy atom. The van der Waals surface area contributed by atoms with Crippen LogP contribution < -0.4 is 9.64 Å². The van der Waals surface area contributed by atoms with Crippen LogP contribution in [0, 0.1) is 5.82 Å². The first kappa shape index (κ1) is 18.6. The fraction of sp³-hybridized carbons (Fsp3) is 0.158. The minimum Gasteiger partial charge on any atom is -0.447 e. The minimum absolute atomic E-state index is 0.153. The first-order chi connectivity index (χ1) is 13.5. The lowest BCUT2D eigenvalue weighted by atomic mass is 10.1. The van der Waals surface area contributed by atoms with Crippen LogP contribution in [0.2, 0.25) is 5.02 Å². The van der Waals surface area contributed by atoms with Crippen LogP contribution in [-0.2, 0) is 4.79 Å². The zero-order valence-corrected chi connectivity index (χ0v) is 16.5. The van der Waals surface area contributed by atoms with Gasteiger partial charge < -0.3 is 4.74 Å². The standard InChI is InChI=1S/C19H14ClFN4O2S/c1-10(26)25-15-8-7-11(21)9-13(15)16-17(22-19(28-2)24-23-16)27-18(25)12-5-3-4-6-14(12)20/h3-9,18H,1-2H3. The summed E-state index contributed by atoms with van der Waals surface area (Å²) in [5.74, 6) is -0.622. The zero-order chi connectivity index (χ0) is 19.8. The van der Waals surface area contributed by atoms with Crippen molar-refractivity contribution in [3.8, 4) is 17.1 Å². The summed E-state index contributed by atoms with van der Waals surface area (Å²) in [5, 5.41) is 9.04. The van der Waals surface area contributed by atoms with Crippen molar-refractivity contribution in [1.29, 1.82) is 0 Å². The van der Waals surface area contributed by atoms with Gasteiger partial charge in [0.15, 0.2) is 5.69 Å². The van der Waals surface area contributed by atoms with Crippen molar-refractivity contribution < 1.29 is 13.9 Å². The number of ether oxygens (including phenoxy) is 1. The Bertz CT molecular complexity index is 1080. The van der Waals surface area contributed by atoms with Gasteiger partial charge in [0.05, 0.1) is 5.69 Å². The Morgan fingerprint density at radius 3 is 2.75 bits per heavy atom. The van der Waals surface area contributed by atoms with Crippen molar-refractivity contribution in [2.45, 2.75) is 18.3 Å². The van der Waals surface area contributed by atoms with Gasteiger partial charge >= 0.3 is 0 Å². The third-order valence-corrected chi connectivity index (χ3v) is 5.14. The monoisotopic (exact) mass is 416 g/mol. The highest BCUT2D eigenvalue weighted by Crippen LogP contribution is 2.44. The molecule has 0 aliphatic carbocycles. The predicted octanol–water partition coefficient (Wildman–Crippen LogP) is 4.50. The van der Waals surface area contributed by atoms with E-state index in [1.54, 1.807) is 30.5 Å². The van der Waals surface area contributed by atoms with Crippen molar-refractivity contribution in [2.75, 3.05) is 11.2 Å². The molecule has 3 aromatic rings.